The first-order chi connectivity index (χ1) is 9.49. The van der Waals surface area contributed by atoms with Gasteiger partial charge >= 0.3 is 12.0 Å². The number of anilines is 1. The number of hydrogen-bond acceptors (Lipinski definition) is 4. The van der Waals surface area contributed by atoms with E-state index in [1.807, 2.05) is 0 Å². The van der Waals surface area contributed by atoms with E-state index in [2.05, 4.69) is 24.1 Å². The maximum Gasteiger partial charge on any atom is 0.338 e. The molecule has 2 rings (SSSR count). The highest BCUT2D eigenvalue weighted by Gasteiger charge is 2.23. The van der Waals surface area contributed by atoms with Gasteiger partial charge < -0.3 is 10.0 Å². The Bertz CT molecular complexity index is 493. The van der Waals surface area contributed by atoms with Crippen molar-refractivity contribution in [3.63, 3.8) is 0 Å². The van der Waals surface area contributed by atoms with Gasteiger partial charge in [0.05, 0.1) is 5.56 Å². The van der Waals surface area contributed by atoms with E-state index in [1.54, 1.807) is 10.3 Å². The molecule has 6 nitrogen and oxygen atoms in total. The fraction of sp³-hybridized carbons (Fsp3) is 0.538. The van der Waals surface area contributed by atoms with Crippen LogP contribution in [0.3, 0.4) is 0 Å². The van der Waals surface area contributed by atoms with Gasteiger partial charge in [0.15, 0.2) is 0 Å². The Morgan fingerprint density at radius 2 is 1.95 bits per heavy atom. The summed E-state index contributed by atoms with van der Waals surface area (Å²) in [7, 11) is 0. The van der Waals surface area contributed by atoms with Crippen LogP contribution in [0.4, 0.5) is 9.80 Å². The van der Waals surface area contributed by atoms with E-state index in [4.69, 9.17) is 5.11 Å². The molecule has 1 aromatic heterocycles. The molecule has 2 heterocycles. The first-order valence-corrected chi connectivity index (χ1v) is 7.47. The summed E-state index contributed by atoms with van der Waals surface area (Å²) in [6.07, 6.45) is 0. The molecule has 110 valence electrons. The van der Waals surface area contributed by atoms with Gasteiger partial charge in [-0.1, -0.05) is 0 Å². The summed E-state index contributed by atoms with van der Waals surface area (Å²) < 4.78 is 0. The van der Waals surface area contributed by atoms with Gasteiger partial charge in [0.25, 0.3) is 0 Å². The zero-order valence-corrected chi connectivity index (χ0v) is 12.4. The Morgan fingerprint density at radius 1 is 1.30 bits per heavy atom. The molecule has 1 aromatic rings. The Balaban J connectivity index is 1.93. The third-order valence-electron chi connectivity index (χ3n) is 3.45. The number of carboxylic acid groups (broad SMARTS) is 1. The van der Waals surface area contributed by atoms with Gasteiger partial charge in [0.2, 0.25) is 0 Å². The molecule has 0 bridgehead atoms. The lowest BCUT2D eigenvalue weighted by atomic mass is 10.2. The predicted molar refractivity (Wildman–Crippen MR) is 78.6 cm³/mol. The Kier molecular flexibility index (Phi) is 4.61. The number of amides is 2. The van der Waals surface area contributed by atoms with E-state index in [-0.39, 0.29) is 11.6 Å². The van der Waals surface area contributed by atoms with Crippen LogP contribution in [-0.2, 0) is 0 Å². The Labute approximate surface area is 122 Å². The maximum atomic E-state index is 12.1. The number of piperazine rings is 1. The molecule has 7 heteroatoms. The molecule has 0 spiro atoms. The average Bonchev–Trinajstić information content (AvgIpc) is 2.87. The molecule has 2 amide bonds. The molecule has 0 atom stereocenters. The van der Waals surface area contributed by atoms with Crippen molar-refractivity contribution in [1.82, 2.24) is 9.80 Å². The van der Waals surface area contributed by atoms with Crippen LogP contribution in [0.5, 0.6) is 0 Å². The molecule has 1 aliphatic heterocycles. The summed E-state index contributed by atoms with van der Waals surface area (Å²) in [5, 5.41) is 13.8. The van der Waals surface area contributed by atoms with Gasteiger partial charge in [-0.05, 0) is 25.3 Å². The molecule has 1 aliphatic rings. The Morgan fingerprint density at radius 3 is 2.50 bits per heavy atom. The van der Waals surface area contributed by atoms with Crippen molar-refractivity contribution in [3.8, 4) is 0 Å². The van der Waals surface area contributed by atoms with Crippen LogP contribution < -0.4 is 5.32 Å². The second-order valence-corrected chi connectivity index (χ2v) is 5.93. The summed E-state index contributed by atoms with van der Waals surface area (Å²) in [5.74, 6) is -1.02. The van der Waals surface area contributed by atoms with Crippen LogP contribution in [-0.4, -0.2) is 59.1 Å². The minimum absolute atomic E-state index is 0.143. The molecule has 0 aromatic carbocycles. The molecule has 1 saturated heterocycles. The number of thiophene rings is 1. The van der Waals surface area contributed by atoms with Crippen molar-refractivity contribution in [1.29, 1.82) is 0 Å². The first-order valence-electron chi connectivity index (χ1n) is 6.60. The minimum Gasteiger partial charge on any atom is -0.478 e. The largest absolute Gasteiger partial charge is 0.478 e. The third-order valence-corrected chi connectivity index (χ3v) is 4.28. The zero-order chi connectivity index (χ0) is 14.7. The zero-order valence-electron chi connectivity index (χ0n) is 11.6. The van der Waals surface area contributed by atoms with E-state index in [0.29, 0.717) is 24.1 Å². The van der Waals surface area contributed by atoms with Crippen LogP contribution in [0.1, 0.15) is 24.2 Å². The molecule has 20 heavy (non-hydrogen) atoms. The van der Waals surface area contributed by atoms with Crippen molar-refractivity contribution >= 4 is 28.3 Å². The first kappa shape index (κ1) is 14.8. The lowest BCUT2D eigenvalue weighted by Gasteiger charge is -2.36. The van der Waals surface area contributed by atoms with Crippen LogP contribution in [0.15, 0.2) is 11.4 Å². The van der Waals surface area contributed by atoms with Crippen molar-refractivity contribution in [3.05, 3.63) is 17.0 Å². The second-order valence-electron chi connectivity index (χ2n) is 5.02. The fourth-order valence-corrected chi connectivity index (χ4v) is 2.96. The predicted octanol–water partition coefficient (Wildman–Crippen LogP) is 2.00. The van der Waals surface area contributed by atoms with Gasteiger partial charge in [-0.25, -0.2) is 9.59 Å². The average molecular weight is 297 g/mol. The van der Waals surface area contributed by atoms with Crippen LogP contribution in [0.2, 0.25) is 0 Å². The highest BCUT2D eigenvalue weighted by molar-refractivity contribution is 7.14. The lowest BCUT2D eigenvalue weighted by molar-refractivity contribution is 0.0698. The molecular weight excluding hydrogens is 278 g/mol. The van der Waals surface area contributed by atoms with E-state index in [1.165, 1.54) is 17.4 Å². The lowest BCUT2D eigenvalue weighted by Crippen LogP contribution is -2.51. The van der Waals surface area contributed by atoms with Gasteiger partial charge in [-0.2, -0.15) is 0 Å². The quantitative estimate of drug-likeness (QED) is 0.895. The van der Waals surface area contributed by atoms with E-state index < -0.39 is 5.97 Å². The minimum atomic E-state index is -1.02. The Hall–Kier alpha value is -1.60. The molecular formula is C13H19N3O3S. The maximum absolute atomic E-state index is 12.1. The van der Waals surface area contributed by atoms with Gasteiger partial charge in [0.1, 0.15) is 5.00 Å². The van der Waals surface area contributed by atoms with Gasteiger partial charge in [-0.3, -0.25) is 10.2 Å². The summed E-state index contributed by atoms with van der Waals surface area (Å²) >= 11 is 1.23. The van der Waals surface area contributed by atoms with Crippen LogP contribution >= 0.6 is 11.3 Å². The number of aromatic carboxylic acids is 1. The van der Waals surface area contributed by atoms with Crippen LogP contribution in [0.25, 0.3) is 0 Å². The van der Waals surface area contributed by atoms with Crippen molar-refractivity contribution in [2.45, 2.75) is 19.9 Å². The smallest absolute Gasteiger partial charge is 0.338 e. The van der Waals surface area contributed by atoms with E-state index in [9.17, 15) is 9.59 Å². The SMILES string of the molecule is CC(C)N1CCN(C(=O)Nc2sccc2C(=O)O)CC1. The number of nitrogens with zero attached hydrogens (tertiary/aromatic N) is 2. The third kappa shape index (κ3) is 3.29. The van der Waals surface area contributed by atoms with Crippen LogP contribution in [0, 0.1) is 0 Å². The monoisotopic (exact) mass is 297 g/mol. The number of carbonyl (C=O) groups is 2. The molecule has 0 saturated carbocycles. The summed E-state index contributed by atoms with van der Waals surface area (Å²) in [6.45, 7) is 7.30. The van der Waals surface area contributed by atoms with Gasteiger partial charge in [0, 0.05) is 32.2 Å². The fourth-order valence-electron chi connectivity index (χ4n) is 2.19. The van der Waals surface area contributed by atoms with Crippen molar-refractivity contribution in [2.75, 3.05) is 31.5 Å². The normalized spacial score (nSPS) is 16.4. The summed E-state index contributed by atoms with van der Waals surface area (Å²) in [5.41, 5.74) is 0.143. The van der Waals surface area contributed by atoms with E-state index in [0.717, 1.165) is 13.1 Å². The highest BCUT2D eigenvalue weighted by atomic mass is 32.1. The number of carboxylic acids is 1. The molecule has 0 radical (unpaired) electrons. The molecule has 0 unspecified atom stereocenters. The number of urea groups is 1. The van der Waals surface area contributed by atoms with Crippen molar-refractivity contribution in [2.24, 2.45) is 0 Å². The van der Waals surface area contributed by atoms with Gasteiger partial charge in [-0.15, -0.1) is 11.3 Å². The molecule has 0 aliphatic carbocycles. The highest BCUT2D eigenvalue weighted by Crippen LogP contribution is 2.23. The number of nitrogens with one attached hydrogen (secondary N) is 1. The number of carbonyl (C=O) groups excluding carboxylic acids is 1. The number of hydrogen-bond donors (Lipinski definition) is 2. The summed E-state index contributed by atoms with van der Waals surface area (Å²) in [4.78, 5) is 27.2. The molecule has 2 N–H and O–H groups in total. The van der Waals surface area contributed by atoms with E-state index >= 15 is 0 Å². The number of rotatable bonds is 3. The second kappa shape index (κ2) is 6.23. The molecule has 1 fully saturated rings. The topological polar surface area (TPSA) is 72.9 Å². The standard InChI is InChI=1S/C13H19N3O3S/c1-9(2)15-4-6-16(7-5-15)13(19)14-11-10(12(17)18)3-8-20-11/h3,8-9H,4-7H2,1-2H3,(H,14,19)(H,17,18). The summed E-state index contributed by atoms with van der Waals surface area (Å²) in [6, 6.07) is 1.76. The van der Waals surface area contributed by atoms with Crippen molar-refractivity contribution < 1.29 is 14.7 Å².